The zero-order valence-electron chi connectivity index (χ0n) is 13.4. The number of rotatable bonds is 4. The van der Waals surface area contributed by atoms with Crippen molar-refractivity contribution in [2.24, 2.45) is 5.92 Å². The zero-order chi connectivity index (χ0) is 16.3. The number of nitrogens with one attached hydrogen (secondary N) is 2. The first-order valence-electron chi connectivity index (χ1n) is 7.40. The maximum absolute atomic E-state index is 12.4. The molecule has 1 aromatic rings. The van der Waals surface area contributed by atoms with Gasteiger partial charge in [0.15, 0.2) is 0 Å². The maximum Gasteiger partial charge on any atom is 0.338 e. The van der Waals surface area contributed by atoms with Gasteiger partial charge >= 0.3 is 12.0 Å². The molecule has 0 aromatic heterocycles. The van der Waals surface area contributed by atoms with Crippen LogP contribution in [0.15, 0.2) is 35.5 Å². The van der Waals surface area contributed by atoms with E-state index in [0.29, 0.717) is 17.9 Å². The van der Waals surface area contributed by atoms with Crippen LogP contribution in [0.5, 0.6) is 0 Å². The highest BCUT2D eigenvalue weighted by atomic mass is 16.5. The van der Waals surface area contributed by atoms with Crippen molar-refractivity contribution in [3.05, 3.63) is 46.7 Å². The molecule has 2 N–H and O–H groups in total. The second kappa shape index (κ2) is 6.64. The Labute approximate surface area is 130 Å². The molecule has 2 amide bonds. The first-order chi connectivity index (χ1) is 10.4. The summed E-state index contributed by atoms with van der Waals surface area (Å²) in [6.07, 6.45) is 0. The molecule has 5 nitrogen and oxygen atoms in total. The van der Waals surface area contributed by atoms with Gasteiger partial charge in [0.2, 0.25) is 0 Å². The normalized spacial score (nSPS) is 18.0. The summed E-state index contributed by atoms with van der Waals surface area (Å²) in [5.74, 6) is -0.141. The Bertz CT molecular complexity index is 603. The van der Waals surface area contributed by atoms with Crippen LogP contribution in [0.4, 0.5) is 4.79 Å². The highest BCUT2D eigenvalue weighted by Crippen LogP contribution is 2.27. The summed E-state index contributed by atoms with van der Waals surface area (Å²) in [7, 11) is 0. The van der Waals surface area contributed by atoms with E-state index in [0.717, 1.165) is 11.1 Å². The van der Waals surface area contributed by atoms with Crippen LogP contribution in [0.25, 0.3) is 0 Å². The summed E-state index contributed by atoms with van der Waals surface area (Å²) in [4.78, 5) is 24.1. The fraction of sp³-hybridized carbons (Fsp3) is 0.412. The fourth-order valence-corrected chi connectivity index (χ4v) is 2.29. The third kappa shape index (κ3) is 3.67. The van der Waals surface area contributed by atoms with Crippen molar-refractivity contribution in [2.75, 3.05) is 6.61 Å². The Morgan fingerprint density at radius 3 is 2.45 bits per heavy atom. The highest BCUT2D eigenvalue weighted by molar-refractivity contribution is 5.95. The van der Waals surface area contributed by atoms with Gasteiger partial charge in [-0.2, -0.15) is 0 Å². The molecule has 0 unspecified atom stereocenters. The predicted molar refractivity (Wildman–Crippen MR) is 84.1 cm³/mol. The summed E-state index contributed by atoms with van der Waals surface area (Å²) in [6.45, 7) is 8.01. The van der Waals surface area contributed by atoms with Crippen LogP contribution < -0.4 is 10.6 Å². The summed E-state index contributed by atoms with van der Waals surface area (Å²) in [5, 5.41) is 5.43. The van der Waals surface area contributed by atoms with E-state index in [9.17, 15) is 9.59 Å². The minimum Gasteiger partial charge on any atom is -0.462 e. The van der Waals surface area contributed by atoms with Crippen LogP contribution in [0.2, 0.25) is 0 Å². The van der Waals surface area contributed by atoms with Gasteiger partial charge in [-0.1, -0.05) is 43.7 Å². The Balaban J connectivity index is 2.32. The van der Waals surface area contributed by atoms with Gasteiger partial charge in [0.1, 0.15) is 0 Å². The SMILES string of the molecule is CC1=C(C(=O)OCC(C)C)[C@H](c2ccc(C)cc2)NC(=O)N1. The Hall–Kier alpha value is -2.30. The first-order valence-corrected chi connectivity index (χ1v) is 7.40. The zero-order valence-corrected chi connectivity index (χ0v) is 13.4. The molecule has 1 aliphatic heterocycles. The number of amides is 2. The van der Waals surface area contributed by atoms with Gasteiger partial charge in [-0.3, -0.25) is 0 Å². The first kappa shape index (κ1) is 16.1. The van der Waals surface area contributed by atoms with Crippen molar-refractivity contribution < 1.29 is 14.3 Å². The minimum atomic E-state index is -0.492. The Kier molecular flexibility index (Phi) is 4.85. The lowest BCUT2D eigenvalue weighted by Gasteiger charge is -2.28. The van der Waals surface area contributed by atoms with Crippen LogP contribution in [-0.2, 0) is 9.53 Å². The van der Waals surface area contributed by atoms with E-state index in [-0.39, 0.29) is 11.9 Å². The lowest BCUT2D eigenvalue weighted by Crippen LogP contribution is -2.45. The van der Waals surface area contributed by atoms with E-state index >= 15 is 0 Å². The highest BCUT2D eigenvalue weighted by Gasteiger charge is 2.32. The molecular formula is C17H22N2O3. The molecule has 5 heteroatoms. The average molecular weight is 302 g/mol. The van der Waals surface area contributed by atoms with Crippen LogP contribution >= 0.6 is 0 Å². The monoisotopic (exact) mass is 302 g/mol. The number of carbonyl (C=O) groups excluding carboxylic acids is 2. The van der Waals surface area contributed by atoms with Crippen molar-refractivity contribution in [1.82, 2.24) is 10.6 Å². The molecule has 22 heavy (non-hydrogen) atoms. The number of ether oxygens (including phenoxy) is 1. The summed E-state index contributed by atoms with van der Waals surface area (Å²) in [5.41, 5.74) is 2.96. The third-order valence-corrected chi connectivity index (χ3v) is 3.45. The number of carbonyl (C=O) groups is 2. The van der Waals surface area contributed by atoms with Crippen molar-refractivity contribution >= 4 is 12.0 Å². The molecule has 1 aliphatic rings. The van der Waals surface area contributed by atoms with E-state index in [1.54, 1.807) is 6.92 Å². The van der Waals surface area contributed by atoms with Crippen LogP contribution in [0.1, 0.15) is 37.9 Å². The van der Waals surface area contributed by atoms with Crippen molar-refractivity contribution in [3.8, 4) is 0 Å². The molecule has 1 atom stereocenters. The lowest BCUT2D eigenvalue weighted by atomic mass is 9.95. The molecule has 1 heterocycles. The second-order valence-corrected chi connectivity index (χ2v) is 5.97. The molecule has 0 fully saturated rings. The molecular weight excluding hydrogens is 280 g/mol. The number of hydrogen-bond acceptors (Lipinski definition) is 3. The van der Waals surface area contributed by atoms with E-state index < -0.39 is 12.0 Å². The van der Waals surface area contributed by atoms with Gasteiger partial charge in [0.05, 0.1) is 18.2 Å². The van der Waals surface area contributed by atoms with E-state index in [1.807, 2.05) is 45.0 Å². The fourth-order valence-electron chi connectivity index (χ4n) is 2.29. The number of esters is 1. The van der Waals surface area contributed by atoms with E-state index in [1.165, 1.54) is 0 Å². The maximum atomic E-state index is 12.4. The number of hydrogen-bond donors (Lipinski definition) is 2. The van der Waals surface area contributed by atoms with Crippen molar-refractivity contribution in [2.45, 2.75) is 33.7 Å². The summed E-state index contributed by atoms with van der Waals surface area (Å²) >= 11 is 0. The van der Waals surface area contributed by atoms with E-state index in [4.69, 9.17) is 4.74 Å². The third-order valence-electron chi connectivity index (χ3n) is 3.45. The minimum absolute atomic E-state index is 0.258. The van der Waals surface area contributed by atoms with Gasteiger partial charge in [-0.15, -0.1) is 0 Å². The van der Waals surface area contributed by atoms with Crippen molar-refractivity contribution in [3.63, 3.8) is 0 Å². The molecule has 0 bridgehead atoms. The van der Waals surface area contributed by atoms with Crippen LogP contribution in [0.3, 0.4) is 0 Å². The number of allylic oxidation sites excluding steroid dienone is 1. The van der Waals surface area contributed by atoms with Crippen LogP contribution in [-0.4, -0.2) is 18.6 Å². The molecule has 0 radical (unpaired) electrons. The molecule has 118 valence electrons. The van der Waals surface area contributed by atoms with Crippen LogP contribution in [0, 0.1) is 12.8 Å². The topological polar surface area (TPSA) is 67.4 Å². The second-order valence-electron chi connectivity index (χ2n) is 5.97. The number of benzene rings is 1. The summed E-state index contributed by atoms with van der Waals surface area (Å²) < 4.78 is 5.34. The number of aryl methyl sites for hydroxylation is 1. The Morgan fingerprint density at radius 1 is 1.23 bits per heavy atom. The average Bonchev–Trinajstić information content (AvgIpc) is 2.44. The lowest BCUT2D eigenvalue weighted by molar-refractivity contribution is -0.140. The molecule has 0 saturated heterocycles. The standard InChI is InChI=1S/C17H22N2O3/c1-10(2)9-22-16(20)14-12(4)18-17(21)19-15(14)13-7-5-11(3)6-8-13/h5-8,10,15H,9H2,1-4H3,(H2,18,19,21)/t15-/m0/s1. The Morgan fingerprint density at radius 2 is 1.86 bits per heavy atom. The van der Waals surface area contributed by atoms with Gasteiger partial charge in [0, 0.05) is 5.70 Å². The quantitative estimate of drug-likeness (QED) is 0.840. The van der Waals surface area contributed by atoms with Gasteiger partial charge < -0.3 is 15.4 Å². The predicted octanol–water partition coefficient (Wildman–Crippen LogP) is 2.82. The molecule has 0 spiro atoms. The molecule has 1 aromatic carbocycles. The molecule has 0 saturated carbocycles. The van der Waals surface area contributed by atoms with Gasteiger partial charge in [-0.05, 0) is 25.3 Å². The number of urea groups is 1. The van der Waals surface area contributed by atoms with Gasteiger partial charge in [0.25, 0.3) is 0 Å². The molecule has 2 rings (SSSR count). The smallest absolute Gasteiger partial charge is 0.338 e. The van der Waals surface area contributed by atoms with Gasteiger partial charge in [-0.25, -0.2) is 9.59 Å². The molecule has 0 aliphatic carbocycles. The summed E-state index contributed by atoms with van der Waals surface area (Å²) in [6, 6.07) is 6.92. The van der Waals surface area contributed by atoms with Crippen molar-refractivity contribution in [1.29, 1.82) is 0 Å². The largest absolute Gasteiger partial charge is 0.462 e. The van der Waals surface area contributed by atoms with E-state index in [2.05, 4.69) is 10.6 Å².